The largest absolute Gasteiger partial charge is 0.497 e. The fraction of sp³-hybridized carbons (Fsp3) is 0.167. The number of halogens is 1. The smallest absolute Gasteiger partial charge is 0.134 e. The molecule has 1 aromatic heterocycles. The first-order chi connectivity index (χ1) is 10.8. The standard InChI is InChI=1S/C18H17ClN2O/c1-22-16-8-6-13(7-9-16)11-20-12-15-10-14-4-2-3-5-17(14)21-18(15)19/h2-10,20H,11-12H2,1H3. The monoisotopic (exact) mass is 312 g/mol. The van der Waals surface area contributed by atoms with Crippen LogP contribution in [0, 0.1) is 0 Å². The zero-order valence-electron chi connectivity index (χ0n) is 12.3. The van der Waals surface area contributed by atoms with Crippen molar-refractivity contribution in [2.75, 3.05) is 7.11 Å². The van der Waals surface area contributed by atoms with Crippen LogP contribution in [0.4, 0.5) is 0 Å². The lowest BCUT2D eigenvalue weighted by molar-refractivity contribution is 0.414. The summed E-state index contributed by atoms with van der Waals surface area (Å²) < 4.78 is 5.15. The number of aromatic nitrogens is 1. The predicted molar refractivity (Wildman–Crippen MR) is 90.3 cm³/mol. The second-order valence-corrected chi connectivity index (χ2v) is 5.44. The van der Waals surface area contributed by atoms with Gasteiger partial charge in [-0.05, 0) is 29.8 Å². The molecule has 0 saturated heterocycles. The van der Waals surface area contributed by atoms with Crippen molar-refractivity contribution in [2.45, 2.75) is 13.1 Å². The molecule has 112 valence electrons. The van der Waals surface area contributed by atoms with Gasteiger partial charge in [-0.3, -0.25) is 0 Å². The Labute approximate surface area is 134 Å². The number of pyridine rings is 1. The van der Waals surface area contributed by atoms with Gasteiger partial charge in [0.05, 0.1) is 12.6 Å². The molecule has 0 amide bonds. The van der Waals surface area contributed by atoms with Gasteiger partial charge in [0.25, 0.3) is 0 Å². The highest BCUT2D eigenvalue weighted by atomic mass is 35.5. The Morgan fingerprint density at radius 3 is 2.59 bits per heavy atom. The molecule has 0 aliphatic rings. The first-order valence-corrected chi connectivity index (χ1v) is 7.52. The van der Waals surface area contributed by atoms with E-state index in [1.165, 1.54) is 5.56 Å². The molecule has 3 aromatic rings. The van der Waals surface area contributed by atoms with Crippen molar-refractivity contribution in [1.82, 2.24) is 10.3 Å². The fourth-order valence-electron chi connectivity index (χ4n) is 2.35. The van der Waals surface area contributed by atoms with Gasteiger partial charge in [0.15, 0.2) is 0 Å². The molecular weight excluding hydrogens is 296 g/mol. The van der Waals surface area contributed by atoms with E-state index in [0.29, 0.717) is 11.7 Å². The SMILES string of the molecule is COc1ccc(CNCc2cc3ccccc3nc2Cl)cc1. The van der Waals surface area contributed by atoms with Gasteiger partial charge < -0.3 is 10.1 Å². The molecule has 22 heavy (non-hydrogen) atoms. The Balaban J connectivity index is 1.66. The van der Waals surface area contributed by atoms with Crippen LogP contribution in [0.2, 0.25) is 5.15 Å². The highest BCUT2D eigenvalue weighted by molar-refractivity contribution is 6.30. The zero-order valence-corrected chi connectivity index (χ0v) is 13.1. The minimum Gasteiger partial charge on any atom is -0.497 e. The minimum atomic E-state index is 0.556. The number of hydrogen-bond donors (Lipinski definition) is 1. The molecule has 0 bridgehead atoms. The molecule has 0 aliphatic carbocycles. The van der Waals surface area contributed by atoms with Gasteiger partial charge in [-0.1, -0.05) is 41.9 Å². The molecule has 0 atom stereocenters. The van der Waals surface area contributed by atoms with Gasteiger partial charge in [0.2, 0.25) is 0 Å². The maximum atomic E-state index is 6.26. The van der Waals surface area contributed by atoms with Crippen LogP contribution in [0.3, 0.4) is 0 Å². The fourth-order valence-corrected chi connectivity index (χ4v) is 2.56. The second kappa shape index (κ2) is 6.77. The lowest BCUT2D eigenvalue weighted by Gasteiger charge is -2.08. The number of benzene rings is 2. The Kier molecular flexibility index (Phi) is 4.56. The van der Waals surface area contributed by atoms with Crippen molar-refractivity contribution in [1.29, 1.82) is 0 Å². The molecule has 0 unspecified atom stereocenters. The summed E-state index contributed by atoms with van der Waals surface area (Å²) in [5, 5.41) is 5.06. The first-order valence-electron chi connectivity index (χ1n) is 7.14. The topological polar surface area (TPSA) is 34.1 Å². The number of nitrogens with zero attached hydrogens (tertiary/aromatic N) is 1. The molecule has 3 nitrogen and oxygen atoms in total. The first kappa shape index (κ1) is 14.8. The van der Waals surface area contributed by atoms with E-state index in [-0.39, 0.29) is 0 Å². The number of nitrogens with one attached hydrogen (secondary N) is 1. The Morgan fingerprint density at radius 2 is 1.82 bits per heavy atom. The van der Waals surface area contributed by atoms with E-state index < -0.39 is 0 Å². The number of rotatable bonds is 5. The molecule has 1 N–H and O–H groups in total. The minimum absolute atomic E-state index is 0.556. The van der Waals surface area contributed by atoms with Crippen LogP contribution in [0.15, 0.2) is 54.6 Å². The van der Waals surface area contributed by atoms with Gasteiger partial charge in [-0.2, -0.15) is 0 Å². The van der Waals surface area contributed by atoms with Crippen LogP contribution in [-0.2, 0) is 13.1 Å². The van der Waals surface area contributed by atoms with E-state index >= 15 is 0 Å². The summed E-state index contributed by atoms with van der Waals surface area (Å²) in [7, 11) is 1.67. The van der Waals surface area contributed by atoms with Gasteiger partial charge in [0, 0.05) is 24.0 Å². The maximum absolute atomic E-state index is 6.26. The molecule has 0 radical (unpaired) electrons. The lowest BCUT2D eigenvalue weighted by atomic mass is 10.1. The number of ether oxygens (including phenoxy) is 1. The van der Waals surface area contributed by atoms with Crippen LogP contribution in [-0.4, -0.2) is 12.1 Å². The normalized spacial score (nSPS) is 10.8. The summed E-state index contributed by atoms with van der Waals surface area (Å²) >= 11 is 6.26. The summed E-state index contributed by atoms with van der Waals surface area (Å²) in [5.41, 5.74) is 3.13. The van der Waals surface area contributed by atoms with Crippen LogP contribution in [0.25, 0.3) is 10.9 Å². The van der Waals surface area contributed by atoms with Gasteiger partial charge in [0.1, 0.15) is 10.9 Å². The van der Waals surface area contributed by atoms with Crippen molar-refractivity contribution in [3.05, 3.63) is 70.9 Å². The zero-order chi connectivity index (χ0) is 15.4. The molecular formula is C18H17ClN2O. The summed E-state index contributed by atoms with van der Waals surface area (Å²) in [6.07, 6.45) is 0. The third-order valence-electron chi connectivity index (χ3n) is 3.55. The summed E-state index contributed by atoms with van der Waals surface area (Å²) in [4.78, 5) is 4.43. The summed E-state index contributed by atoms with van der Waals surface area (Å²) in [6, 6.07) is 18.1. The molecule has 4 heteroatoms. The Bertz CT molecular complexity index is 772. The van der Waals surface area contributed by atoms with Crippen LogP contribution in [0.5, 0.6) is 5.75 Å². The quantitative estimate of drug-likeness (QED) is 0.717. The average molecular weight is 313 g/mol. The van der Waals surface area contributed by atoms with Crippen LogP contribution < -0.4 is 10.1 Å². The van der Waals surface area contributed by atoms with E-state index in [4.69, 9.17) is 16.3 Å². The molecule has 2 aromatic carbocycles. The molecule has 0 aliphatic heterocycles. The van der Waals surface area contributed by atoms with Crippen molar-refractivity contribution in [2.24, 2.45) is 0 Å². The predicted octanol–water partition coefficient (Wildman–Crippen LogP) is 4.19. The van der Waals surface area contributed by atoms with Crippen LogP contribution in [0.1, 0.15) is 11.1 Å². The van der Waals surface area contributed by atoms with E-state index in [1.807, 2.05) is 48.5 Å². The van der Waals surface area contributed by atoms with Crippen molar-refractivity contribution in [3.63, 3.8) is 0 Å². The highest BCUT2D eigenvalue weighted by Gasteiger charge is 2.04. The van der Waals surface area contributed by atoms with Crippen LogP contribution >= 0.6 is 11.6 Å². The van der Waals surface area contributed by atoms with Crippen molar-refractivity contribution in [3.8, 4) is 5.75 Å². The van der Waals surface area contributed by atoms with Crippen molar-refractivity contribution < 1.29 is 4.74 Å². The third-order valence-corrected chi connectivity index (χ3v) is 3.88. The molecule has 0 fully saturated rings. The van der Waals surface area contributed by atoms with E-state index in [9.17, 15) is 0 Å². The highest BCUT2D eigenvalue weighted by Crippen LogP contribution is 2.20. The van der Waals surface area contributed by atoms with E-state index in [2.05, 4.69) is 16.4 Å². The van der Waals surface area contributed by atoms with E-state index in [0.717, 1.165) is 28.8 Å². The van der Waals surface area contributed by atoms with Gasteiger partial charge in [-0.15, -0.1) is 0 Å². The Hall–Kier alpha value is -2.10. The molecule has 3 rings (SSSR count). The third kappa shape index (κ3) is 3.38. The molecule has 0 spiro atoms. The second-order valence-electron chi connectivity index (χ2n) is 5.08. The summed E-state index contributed by atoms with van der Waals surface area (Å²) in [6.45, 7) is 1.45. The molecule has 0 saturated carbocycles. The number of methoxy groups -OCH3 is 1. The van der Waals surface area contributed by atoms with E-state index in [1.54, 1.807) is 7.11 Å². The molecule has 1 heterocycles. The lowest BCUT2D eigenvalue weighted by Crippen LogP contribution is -2.13. The number of fused-ring (bicyclic) bond motifs is 1. The summed E-state index contributed by atoms with van der Waals surface area (Å²) in [5.74, 6) is 0.866. The average Bonchev–Trinajstić information content (AvgIpc) is 2.56. The number of para-hydroxylation sites is 1. The van der Waals surface area contributed by atoms with Gasteiger partial charge in [-0.25, -0.2) is 4.98 Å². The van der Waals surface area contributed by atoms with Crippen molar-refractivity contribution >= 4 is 22.5 Å². The maximum Gasteiger partial charge on any atom is 0.134 e. The van der Waals surface area contributed by atoms with Gasteiger partial charge >= 0.3 is 0 Å². The Morgan fingerprint density at radius 1 is 1.05 bits per heavy atom. The number of hydrogen-bond acceptors (Lipinski definition) is 3.